The van der Waals surface area contributed by atoms with E-state index in [-0.39, 0.29) is 6.79 Å². The van der Waals surface area contributed by atoms with Crippen molar-refractivity contribution in [1.82, 2.24) is 9.78 Å². The second-order valence-electron chi connectivity index (χ2n) is 4.49. The molecule has 0 amide bonds. The van der Waals surface area contributed by atoms with Crippen molar-refractivity contribution in [1.29, 1.82) is 0 Å². The van der Waals surface area contributed by atoms with E-state index in [0.29, 0.717) is 5.82 Å². The second-order valence-corrected chi connectivity index (χ2v) is 4.49. The lowest BCUT2D eigenvalue weighted by atomic mass is 9.97. The van der Waals surface area contributed by atoms with Gasteiger partial charge >= 0.3 is 0 Å². The number of hydrogen-bond donors (Lipinski definition) is 1. The van der Waals surface area contributed by atoms with Gasteiger partial charge in [0.1, 0.15) is 5.82 Å². The number of ether oxygens (including phenoxy) is 2. The summed E-state index contributed by atoms with van der Waals surface area (Å²) >= 11 is 0. The summed E-state index contributed by atoms with van der Waals surface area (Å²) in [7, 11) is 1.82. The van der Waals surface area contributed by atoms with Crippen molar-refractivity contribution in [3.8, 4) is 22.6 Å². The third-order valence-electron chi connectivity index (χ3n) is 3.44. The molecule has 18 heavy (non-hydrogen) atoms. The average Bonchev–Trinajstić information content (AvgIpc) is 2.91. The number of rotatable bonds is 1. The highest BCUT2D eigenvalue weighted by molar-refractivity contribution is 5.84. The molecule has 0 atom stereocenters. The van der Waals surface area contributed by atoms with E-state index in [1.165, 1.54) is 0 Å². The van der Waals surface area contributed by atoms with Gasteiger partial charge in [0.25, 0.3) is 0 Å². The molecule has 1 aliphatic rings. The Labute approximate surface area is 105 Å². The summed E-state index contributed by atoms with van der Waals surface area (Å²) in [6, 6.07) is 1.99. The van der Waals surface area contributed by atoms with Gasteiger partial charge in [0.15, 0.2) is 11.5 Å². The van der Waals surface area contributed by atoms with Crippen LogP contribution in [0.4, 0.5) is 5.82 Å². The van der Waals surface area contributed by atoms with Crippen LogP contribution in [0, 0.1) is 13.8 Å². The predicted octanol–water partition coefficient (Wildman–Crippen LogP) is 2.01. The molecule has 0 radical (unpaired) electrons. The van der Waals surface area contributed by atoms with Crippen LogP contribution in [-0.2, 0) is 7.05 Å². The quantitative estimate of drug-likeness (QED) is 0.834. The zero-order chi connectivity index (χ0) is 12.9. The Morgan fingerprint density at radius 1 is 1.33 bits per heavy atom. The number of aryl methyl sites for hydroxylation is 2. The molecule has 2 N–H and O–H groups in total. The fourth-order valence-electron chi connectivity index (χ4n) is 2.23. The van der Waals surface area contributed by atoms with Crippen LogP contribution < -0.4 is 15.2 Å². The number of nitrogens with two attached hydrogens (primary N) is 1. The third kappa shape index (κ3) is 1.37. The molecule has 2 aromatic rings. The highest BCUT2D eigenvalue weighted by atomic mass is 16.7. The van der Waals surface area contributed by atoms with Crippen molar-refractivity contribution >= 4 is 5.82 Å². The Morgan fingerprint density at radius 2 is 2.11 bits per heavy atom. The Bertz CT molecular complexity index is 632. The van der Waals surface area contributed by atoms with Crippen LogP contribution in [-0.4, -0.2) is 16.6 Å². The third-order valence-corrected chi connectivity index (χ3v) is 3.44. The largest absolute Gasteiger partial charge is 0.454 e. The van der Waals surface area contributed by atoms with Crippen molar-refractivity contribution in [3.63, 3.8) is 0 Å². The minimum Gasteiger partial charge on any atom is -0.454 e. The van der Waals surface area contributed by atoms with Gasteiger partial charge in [-0.1, -0.05) is 0 Å². The number of fused-ring (bicyclic) bond motifs is 1. The van der Waals surface area contributed by atoms with Gasteiger partial charge in [0.05, 0.1) is 6.20 Å². The lowest BCUT2D eigenvalue weighted by Crippen LogP contribution is -1.99. The van der Waals surface area contributed by atoms with Crippen LogP contribution in [0.15, 0.2) is 12.3 Å². The predicted molar refractivity (Wildman–Crippen MR) is 68.7 cm³/mol. The monoisotopic (exact) mass is 245 g/mol. The molecular weight excluding hydrogens is 230 g/mol. The molecule has 0 bridgehead atoms. The lowest BCUT2D eigenvalue weighted by molar-refractivity contribution is 0.174. The molecular formula is C13H15N3O2. The Hall–Kier alpha value is -2.17. The van der Waals surface area contributed by atoms with Crippen LogP contribution >= 0.6 is 0 Å². The molecule has 5 nitrogen and oxygen atoms in total. The van der Waals surface area contributed by atoms with Gasteiger partial charge in [-0.3, -0.25) is 4.68 Å². The van der Waals surface area contributed by atoms with E-state index in [1.807, 2.05) is 20.0 Å². The minimum absolute atomic E-state index is 0.255. The first-order valence-electron chi connectivity index (χ1n) is 5.77. The standard InChI is InChI=1S/C13H15N3O2/c1-7-4-10-12(18-6-17-10)11(8(7)2)9-5-15-16(3)13(9)14/h4-5H,6,14H2,1-3H3. The molecule has 3 rings (SSSR count). The Kier molecular flexibility index (Phi) is 2.23. The molecule has 5 heteroatoms. The maximum atomic E-state index is 6.05. The molecule has 1 aliphatic heterocycles. The zero-order valence-electron chi connectivity index (χ0n) is 10.7. The first-order valence-corrected chi connectivity index (χ1v) is 5.77. The maximum Gasteiger partial charge on any atom is 0.231 e. The fraction of sp³-hybridized carbons (Fsp3) is 0.308. The Balaban J connectivity index is 2.32. The number of hydrogen-bond acceptors (Lipinski definition) is 4. The van der Waals surface area contributed by atoms with Gasteiger partial charge in [-0.15, -0.1) is 0 Å². The summed E-state index contributed by atoms with van der Waals surface area (Å²) in [6.07, 6.45) is 1.76. The summed E-state index contributed by atoms with van der Waals surface area (Å²) in [4.78, 5) is 0. The van der Waals surface area contributed by atoms with E-state index in [0.717, 1.165) is 33.8 Å². The average molecular weight is 245 g/mol. The highest BCUT2D eigenvalue weighted by Crippen LogP contribution is 2.46. The smallest absolute Gasteiger partial charge is 0.231 e. The van der Waals surface area contributed by atoms with E-state index in [4.69, 9.17) is 15.2 Å². The van der Waals surface area contributed by atoms with E-state index >= 15 is 0 Å². The number of nitrogens with zero attached hydrogens (tertiary/aromatic N) is 2. The first kappa shape index (κ1) is 11.0. The normalized spacial score (nSPS) is 13.1. The SMILES string of the molecule is Cc1cc2c(c(-c3cnn(C)c3N)c1C)OCO2. The first-order chi connectivity index (χ1) is 8.59. The van der Waals surface area contributed by atoms with E-state index in [2.05, 4.69) is 12.0 Å². The second kappa shape index (κ2) is 3.66. The number of anilines is 1. The topological polar surface area (TPSA) is 62.3 Å². The van der Waals surface area contributed by atoms with Crippen molar-refractivity contribution in [2.75, 3.05) is 12.5 Å². The van der Waals surface area contributed by atoms with Gasteiger partial charge in [-0.25, -0.2) is 0 Å². The molecule has 0 saturated carbocycles. The van der Waals surface area contributed by atoms with Crippen molar-refractivity contribution in [2.24, 2.45) is 7.05 Å². The van der Waals surface area contributed by atoms with Gasteiger partial charge in [-0.05, 0) is 31.0 Å². The van der Waals surface area contributed by atoms with E-state index < -0.39 is 0 Å². The molecule has 0 aliphatic carbocycles. The summed E-state index contributed by atoms with van der Waals surface area (Å²) in [6.45, 7) is 4.36. The molecule has 1 aromatic heterocycles. The summed E-state index contributed by atoms with van der Waals surface area (Å²) in [5.74, 6) is 2.16. The fourth-order valence-corrected chi connectivity index (χ4v) is 2.23. The summed E-state index contributed by atoms with van der Waals surface area (Å²) < 4.78 is 12.7. The lowest BCUT2D eigenvalue weighted by Gasteiger charge is -2.11. The molecule has 94 valence electrons. The molecule has 0 saturated heterocycles. The van der Waals surface area contributed by atoms with E-state index in [9.17, 15) is 0 Å². The van der Waals surface area contributed by atoms with Crippen LogP contribution in [0.2, 0.25) is 0 Å². The molecule has 2 heterocycles. The van der Waals surface area contributed by atoms with E-state index in [1.54, 1.807) is 10.9 Å². The van der Waals surface area contributed by atoms with Crippen molar-refractivity contribution in [2.45, 2.75) is 13.8 Å². The summed E-state index contributed by atoms with van der Waals surface area (Å²) in [5.41, 5.74) is 10.2. The molecule has 1 aromatic carbocycles. The van der Waals surface area contributed by atoms with Gasteiger partial charge < -0.3 is 15.2 Å². The van der Waals surface area contributed by atoms with Gasteiger partial charge in [0.2, 0.25) is 6.79 Å². The van der Waals surface area contributed by atoms with Crippen LogP contribution in [0.5, 0.6) is 11.5 Å². The molecule has 0 spiro atoms. The van der Waals surface area contributed by atoms with Crippen molar-refractivity contribution < 1.29 is 9.47 Å². The number of aromatic nitrogens is 2. The van der Waals surface area contributed by atoms with Crippen LogP contribution in [0.1, 0.15) is 11.1 Å². The van der Waals surface area contributed by atoms with Crippen LogP contribution in [0.3, 0.4) is 0 Å². The zero-order valence-corrected chi connectivity index (χ0v) is 10.7. The van der Waals surface area contributed by atoms with Gasteiger partial charge in [-0.2, -0.15) is 5.10 Å². The van der Waals surface area contributed by atoms with Crippen LogP contribution in [0.25, 0.3) is 11.1 Å². The molecule has 0 fully saturated rings. The van der Waals surface area contributed by atoms with Gasteiger partial charge in [0, 0.05) is 18.2 Å². The highest BCUT2D eigenvalue weighted by Gasteiger charge is 2.24. The number of benzene rings is 1. The number of nitrogen functional groups attached to an aromatic ring is 1. The van der Waals surface area contributed by atoms with Crippen molar-refractivity contribution in [3.05, 3.63) is 23.4 Å². The Morgan fingerprint density at radius 3 is 2.78 bits per heavy atom. The summed E-state index contributed by atoms with van der Waals surface area (Å²) in [5, 5.41) is 4.18. The molecule has 0 unspecified atom stereocenters. The maximum absolute atomic E-state index is 6.05. The minimum atomic E-state index is 0.255.